The van der Waals surface area contributed by atoms with Gasteiger partial charge in [-0.05, 0) is 36.5 Å². The molecule has 1 aliphatic heterocycles. The SMILES string of the molecule is CC(C)(C)[Si](C)(C)OCC(N=[N+]=[N-])C1(O)CCN(C(=O)O)CC1. The van der Waals surface area contributed by atoms with E-state index in [9.17, 15) is 9.90 Å². The van der Waals surface area contributed by atoms with E-state index in [4.69, 9.17) is 15.1 Å². The first-order valence-corrected chi connectivity index (χ1v) is 10.7. The Hall–Kier alpha value is -1.28. The van der Waals surface area contributed by atoms with E-state index in [1.54, 1.807) is 0 Å². The van der Waals surface area contributed by atoms with Crippen LogP contribution >= 0.6 is 0 Å². The Bertz CT molecular complexity index is 478. The standard InChI is InChI=1S/C14H28N4O4Si/c1-13(2,3)23(4,5)22-10-11(16-17-15)14(21)6-8-18(9-7-14)12(19)20/h11,21H,6-10H2,1-5H3,(H,19,20). The number of nitrogens with zero attached hydrogens (tertiary/aromatic N) is 4. The van der Waals surface area contributed by atoms with Crippen molar-refractivity contribution in [2.45, 2.75) is 63.4 Å². The van der Waals surface area contributed by atoms with Gasteiger partial charge in [-0.3, -0.25) is 0 Å². The molecule has 0 radical (unpaired) electrons. The highest BCUT2D eigenvalue weighted by Crippen LogP contribution is 2.37. The molecule has 0 aromatic heterocycles. The van der Waals surface area contributed by atoms with E-state index in [0.29, 0.717) is 0 Å². The predicted octanol–water partition coefficient (Wildman–Crippen LogP) is 3.19. The zero-order chi connectivity index (χ0) is 17.9. The summed E-state index contributed by atoms with van der Waals surface area (Å²) in [5, 5.41) is 23.6. The fraction of sp³-hybridized carbons (Fsp3) is 0.929. The third kappa shape index (κ3) is 4.84. The van der Waals surface area contributed by atoms with Gasteiger partial charge in [-0.1, -0.05) is 25.9 Å². The third-order valence-corrected chi connectivity index (χ3v) is 9.62. The summed E-state index contributed by atoms with van der Waals surface area (Å²) in [5.74, 6) is 0. The lowest BCUT2D eigenvalue weighted by atomic mass is 9.85. The Labute approximate surface area is 138 Å². The van der Waals surface area contributed by atoms with E-state index in [-0.39, 0.29) is 37.6 Å². The second-order valence-electron chi connectivity index (χ2n) is 7.67. The van der Waals surface area contributed by atoms with Gasteiger partial charge < -0.3 is 19.5 Å². The van der Waals surface area contributed by atoms with E-state index < -0.39 is 26.1 Å². The smallest absolute Gasteiger partial charge is 0.407 e. The molecule has 1 rings (SSSR count). The van der Waals surface area contributed by atoms with Crippen LogP contribution in [0.4, 0.5) is 4.79 Å². The number of piperidine rings is 1. The number of carboxylic acid groups (broad SMARTS) is 1. The van der Waals surface area contributed by atoms with E-state index in [2.05, 4.69) is 43.9 Å². The van der Waals surface area contributed by atoms with Crippen LogP contribution < -0.4 is 0 Å². The first-order chi connectivity index (χ1) is 10.4. The summed E-state index contributed by atoms with van der Waals surface area (Å²) in [4.78, 5) is 15.1. The molecule has 0 aromatic carbocycles. The molecule has 1 atom stereocenters. The van der Waals surface area contributed by atoms with Crippen LogP contribution in [0, 0.1) is 0 Å². The summed E-state index contributed by atoms with van der Waals surface area (Å²) in [5.41, 5.74) is 7.59. The summed E-state index contributed by atoms with van der Waals surface area (Å²) >= 11 is 0. The maximum atomic E-state index is 11.0. The summed E-state index contributed by atoms with van der Waals surface area (Å²) in [6.07, 6.45) is -0.516. The van der Waals surface area contributed by atoms with Crippen LogP contribution in [-0.2, 0) is 4.43 Å². The number of hydrogen-bond acceptors (Lipinski definition) is 4. The maximum absolute atomic E-state index is 11.0. The summed E-state index contributed by atoms with van der Waals surface area (Å²) in [7, 11) is -2.02. The van der Waals surface area contributed by atoms with Crippen LogP contribution in [0.25, 0.3) is 10.4 Å². The molecule has 1 unspecified atom stereocenters. The van der Waals surface area contributed by atoms with Crippen molar-refractivity contribution in [3.63, 3.8) is 0 Å². The summed E-state index contributed by atoms with van der Waals surface area (Å²) < 4.78 is 6.09. The highest BCUT2D eigenvalue weighted by atomic mass is 28.4. The molecule has 23 heavy (non-hydrogen) atoms. The van der Waals surface area contributed by atoms with Crippen molar-refractivity contribution in [3.05, 3.63) is 10.4 Å². The second kappa shape index (κ2) is 7.08. The van der Waals surface area contributed by atoms with Crippen molar-refractivity contribution in [3.8, 4) is 0 Å². The van der Waals surface area contributed by atoms with Crippen molar-refractivity contribution in [2.24, 2.45) is 5.11 Å². The average molecular weight is 344 g/mol. The quantitative estimate of drug-likeness (QED) is 0.344. The number of aliphatic hydroxyl groups is 1. The van der Waals surface area contributed by atoms with Gasteiger partial charge in [-0.15, -0.1) is 0 Å². The molecule has 0 saturated carbocycles. The monoisotopic (exact) mass is 344 g/mol. The summed E-state index contributed by atoms with van der Waals surface area (Å²) in [6.45, 7) is 11.1. The lowest BCUT2D eigenvalue weighted by Crippen LogP contribution is -2.54. The minimum Gasteiger partial charge on any atom is -0.465 e. The molecule has 1 saturated heterocycles. The number of carbonyl (C=O) groups is 1. The Balaban J connectivity index is 2.79. The molecule has 0 aliphatic carbocycles. The van der Waals surface area contributed by atoms with E-state index in [0.717, 1.165) is 0 Å². The number of azide groups is 1. The van der Waals surface area contributed by atoms with Crippen molar-refractivity contribution in [1.29, 1.82) is 0 Å². The topological polar surface area (TPSA) is 119 Å². The van der Waals surface area contributed by atoms with Gasteiger partial charge in [0.1, 0.15) is 0 Å². The van der Waals surface area contributed by atoms with Crippen LogP contribution in [0.15, 0.2) is 5.11 Å². The lowest BCUT2D eigenvalue weighted by molar-refractivity contribution is -0.0464. The minimum atomic E-state index is -2.02. The van der Waals surface area contributed by atoms with Crippen molar-refractivity contribution in [1.82, 2.24) is 4.90 Å². The maximum Gasteiger partial charge on any atom is 0.407 e. The lowest BCUT2D eigenvalue weighted by Gasteiger charge is -2.42. The van der Waals surface area contributed by atoms with Crippen LogP contribution in [-0.4, -0.2) is 60.9 Å². The fourth-order valence-electron chi connectivity index (χ4n) is 2.28. The van der Waals surface area contributed by atoms with Crippen molar-refractivity contribution >= 4 is 14.4 Å². The van der Waals surface area contributed by atoms with Crippen molar-refractivity contribution in [2.75, 3.05) is 19.7 Å². The predicted molar refractivity (Wildman–Crippen MR) is 89.9 cm³/mol. The van der Waals surface area contributed by atoms with E-state index in [1.807, 2.05) is 0 Å². The van der Waals surface area contributed by atoms with Gasteiger partial charge in [0, 0.05) is 24.6 Å². The van der Waals surface area contributed by atoms with Gasteiger partial charge >= 0.3 is 6.09 Å². The van der Waals surface area contributed by atoms with Gasteiger partial charge in [0.15, 0.2) is 8.32 Å². The number of likely N-dealkylation sites (tertiary alicyclic amines) is 1. The zero-order valence-corrected chi connectivity index (χ0v) is 15.6. The number of hydrogen-bond donors (Lipinski definition) is 2. The molecule has 0 bridgehead atoms. The first kappa shape index (κ1) is 19.8. The van der Waals surface area contributed by atoms with Gasteiger partial charge in [0.25, 0.3) is 0 Å². The molecule has 1 amide bonds. The Morgan fingerprint density at radius 3 is 2.35 bits per heavy atom. The highest BCUT2D eigenvalue weighted by Gasteiger charge is 2.43. The minimum absolute atomic E-state index is 0.0171. The number of amides is 1. The fourth-order valence-corrected chi connectivity index (χ4v) is 3.29. The Kier molecular flexibility index (Phi) is 6.09. The summed E-state index contributed by atoms with van der Waals surface area (Å²) in [6, 6.07) is -0.711. The van der Waals surface area contributed by atoms with Crippen LogP contribution in [0.5, 0.6) is 0 Å². The molecule has 132 valence electrons. The largest absolute Gasteiger partial charge is 0.465 e. The van der Waals surface area contributed by atoms with Gasteiger partial charge in [0.2, 0.25) is 0 Å². The average Bonchev–Trinajstić information content (AvgIpc) is 2.42. The second-order valence-corrected chi connectivity index (χ2v) is 12.5. The molecule has 2 N–H and O–H groups in total. The van der Waals surface area contributed by atoms with E-state index >= 15 is 0 Å². The van der Waals surface area contributed by atoms with Gasteiger partial charge in [-0.25, -0.2) is 4.79 Å². The molecular formula is C14H28N4O4Si. The molecule has 0 aromatic rings. The molecule has 9 heteroatoms. The number of rotatable bonds is 5. The molecule has 1 aliphatic rings. The van der Waals surface area contributed by atoms with Gasteiger partial charge in [0.05, 0.1) is 11.6 Å². The molecule has 1 fully saturated rings. The highest BCUT2D eigenvalue weighted by molar-refractivity contribution is 6.74. The molecule has 1 heterocycles. The Morgan fingerprint density at radius 1 is 1.43 bits per heavy atom. The molecular weight excluding hydrogens is 316 g/mol. The van der Waals surface area contributed by atoms with Crippen LogP contribution in [0.3, 0.4) is 0 Å². The zero-order valence-electron chi connectivity index (χ0n) is 14.6. The molecule has 8 nitrogen and oxygen atoms in total. The Morgan fingerprint density at radius 2 is 1.96 bits per heavy atom. The van der Waals surface area contributed by atoms with Gasteiger partial charge in [-0.2, -0.15) is 0 Å². The molecule has 0 spiro atoms. The van der Waals surface area contributed by atoms with E-state index in [1.165, 1.54) is 4.90 Å². The van der Waals surface area contributed by atoms with Crippen molar-refractivity contribution < 1.29 is 19.4 Å². The third-order valence-electron chi connectivity index (χ3n) is 5.12. The van der Waals surface area contributed by atoms with Crippen LogP contribution in [0.1, 0.15) is 33.6 Å². The normalized spacial score (nSPS) is 19.8. The first-order valence-electron chi connectivity index (χ1n) is 7.81. The van der Waals surface area contributed by atoms with Crippen LogP contribution in [0.2, 0.25) is 18.1 Å².